The zero-order chi connectivity index (χ0) is 30.6. The Hall–Kier alpha value is -4.48. The number of rotatable bonds is 11. The van der Waals surface area contributed by atoms with Gasteiger partial charge in [0.05, 0.1) is 12.4 Å². The molecule has 7 N–H and O–H groups in total. The first kappa shape index (κ1) is 32.7. The van der Waals surface area contributed by atoms with E-state index >= 15 is 0 Å². The molecule has 13 nitrogen and oxygen atoms in total. The van der Waals surface area contributed by atoms with Gasteiger partial charge in [0.1, 0.15) is 6.54 Å². The van der Waals surface area contributed by atoms with Crippen molar-refractivity contribution in [1.29, 1.82) is 5.41 Å². The number of aliphatic carboxylic acids is 1. The van der Waals surface area contributed by atoms with E-state index in [2.05, 4.69) is 15.5 Å². The summed E-state index contributed by atoms with van der Waals surface area (Å²) >= 11 is 0. The van der Waals surface area contributed by atoms with Crippen molar-refractivity contribution in [2.45, 2.75) is 25.0 Å². The summed E-state index contributed by atoms with van der Waals surface area (Å²) < 4.78 is 60.8. The zero-order valence-electron chi connectivity index (χ0n) is 21.3. The van der Waals surface area contributed by atoms with Crippen LogP contribution in [-0.2, 0) is 43.3 Å². The molecule has 0 aliphatic carbocycles. The van der Waals surface area contributed by atoms with Crippen LogP contribution in [0.15, 0.2) is 65.6 Å². The third kappa shape index (κ3) is 11.3. The maximum atomic E-state index is 12.7. The van der Waals surface area contributed by atoms with Gasteiger partial charge in [-0.05, 0) is 22.4 Å². The maximum absolute atomic E-state index is 12.7. The average Bonchev–Trinajstić information content (AvgIpc) is 2.89. The minimum atomic E-state index is -5.08. The van der Waals surface area contributed by atoms with Gasteiger partial charge in [-0.3, -0.25) is 19.8 Å². The van der Waals surface area contributed by atoms with Gasteiger partial charge >= 0.3 is 12.1 Å². The van der Waals surface area contributed by atoms with E-state index in [0.29, 0.717) is 5.56 Å². The van der Waals surface area contributed by atoms with Crippen LogP contribution in [0, 0.1) is 5.41 Å². The molecule has 3 aromatic rings. The lowest BCUT2D eigenvalue weighted by Crippen LogP contribution is -2.37. The van der Waals surface area contributed by atoms with Crippen molar-refractivity contribution < 1.29 is 41.1 Å². The fourth-order valence-corrected chi connectivity index (χ4v) is 4.43. The Bertz CT molecular complexity index is 1540. The molecule has 41 heavy (non-hydrogen) atoms. The van der Waals surface area contributed by atoms with Crippen LogP contribution >= 0.6 is 0 Å². The third-order valence-corrected chi connectivity index (χ3v) is 6.35. The Balaban J connectivity index is 0.000000745. The molecule has 0 radical (unpaired) electrons. The highest BCUT2D eigenvalue weighted by Crippen LogP contribution is 2.20. The van der Waals surface area contributed by atoms with E-state index in [-0.39, 0.29) is 43.5 Å². The van der Waals surface area contributed by atoms with Gasteiger partial charge in [0.15, 0.2) is 0 Å². The number of nitrogens with two attached hydrogens (primary N) is 1. The van der Waals surface area contributed by atoms with Crippen molar-refractivity contribution in [3.63, 3.8) is 0 Å². The Morgan fingerprint density at radius 3 is 2.34 bits per heavy atom. The molecule has 0 saturated heterocycles. The predicted octanol–water partition coefficient (Wildman–Crippen LogP) is 0.785. The molecule has 0 aliphatic heterocycles. The number of carbonyl (C=O) groups excluding carboxylic acids is 1. The molecule has 0 saturated carbocycles. The third-order valence-electron chi connectivity index (χ3n) is 5.07. The molecular weight excluding hydrogens is 573 g/mol. The van der Waals surface area contributed by atoms with Crippen LogP contribution in [0.5, 0.6) is 0 Å². The molecule has 222 valence electrons. The number of fused-ring (bicyclic) bond motifs is 1. The van der Waals surface area contributed by atoms with Crippen LogP contribution in [-0.4, -0.2) is 55.3 Å². The molecular formula is C24H27F3N6O7S. The molecule has 1 heterocycles. The quantitative estimate of drug-likeness (QED) is 0.0795. The first-order valence-corrected chi connectivity index (χ1v) is 13.3. The van der Waals surface area contributed by atoms with Gasteiger partial charge in [-0.15, -0.1) is 0 Å². The number of pyridine rings is 1. The predicted molar refractivity (Wildman–Crippen MR) is 142 cm³/mol. The van der Waals surface area contributed by atoms with E-state index in [1.807, 2.05) is 30.3 Å². The number of halogens is 3. The first-order valence-electron chi connectivity index (χ1n) is 11.6. The molecule has 1 amide bonds. The summed E-state index contributed by atoms with van der Waals surface area (Å²) in [6, 6.07) is 16.1. The molecule has 0 bridgehead atoms. The van der Waals surface area contributed by atoms with Gasteiger partial charge < -0.3 is 20.7 Å². The molecule has 0 atom stereocenters. The topological polar surface area (TPSA) is 206 Å². The monoisotopic (exact) mass is 600 g/mol. The summed E-state index contributed by atoms with van der Waals surface area (Å²) in [5.74, 6) is -3.77. The minimum Gasteiger partial charge on any atom is -0.475 e. The Morgan fingerprint density at radius 2 is 1.68 bits per heavy atom. The van der Waals surface area contributed by atoms with Crippen molar-refractivity contribution in [3.8, 4) is 0 Å². The highest BCUT2D eigenvalue weighted by Gasteiger charge is 2.38. The Kier molecular flexibility index (Phi) is 11.8. The van der Waals surface area contributed by atoms with Gasteiger partial charge in [0.2, 0.25) is 21.9 Å². The van der Waals surface area contributed by atoms with Crippen LogP contribution in [0.1, 0.15) is 11.1 Å². The standard InChI is InChI=1S/C22H26N6O5S.C2HF3O2/c23-22(24)27-33-12-10-25-20(29)14-28-11-4-8-17(21(28)30)13-26-34(31,32)15-18-7-3-6-16-5-1-2-9-19(16)18;3-2(4,5)1(6)7/h1-9,11,26H,10,12-15H2,(H,25,29)(H4,23,24,27);(H,6,7). The van der Waals surface area contributed by atoms with Gasteiger partial charge in [0.25, 0.3) is 5.56 Å². The number of nitrogens with zero attached hydrogens (tertiary/aromatic N) is 1. The Labute approximate surface area is 231 Å². The van der Waals surface area contributed by atoms with E-state index < -0.39 is 33.6 Å². The largest absolute Gasteiger partial charge is 0.490 e. The van der Waals surface area contributed by atoms with Gasteiger partial charge in [-0.2, -0.15) is 13.2 Å². The van der Waals surface area contributed by atoms with Crippen molar-refractivity contribution in [2.75, 3.05) is 13.2 Å². The van der Waals surface area contributed by atoms with E-state index in [1.165, 1.54) is 16.8 Å². The highest BCUT2D eigenvalue weighted by atomic mass is 32.2. The molecule has 1 aromatic heterocycles. The highest BCUT2D eigenvalue weighted by molar-refractivity contribution is 7.88. The smallest absolute Gasteiger partial charge is 0.475 e. The molecule has 17 heteroatoms. The van der Waals surface area contributed by atoms with Crippen molar-refractivity contribution in [2.24, 2.45) is 5.73 Å². The van der Waals surface area contributed by atoms with Crippen LogP contribution in [0.2, 0.25) is 0 Å². The maximum Gasteiger partial charge on any atom is 0.490 e. The van der Waals surface area contributed by atoms with Crippen molar-refractivity contribution in [3.05, 3.63) is 82.3 Å². The summed E-state index contributed by atoms with van der Waals surface area (Å²) in [7, 11) is -3.72. The fourth-order valence-electron chi connectivity index (χ4n) is 3.29. The summed E-state index contributed by atoms with van der Waals surface area (Å²) in [4.78, 5) is 38.5. The summed E-state index contributed by atoms with van der Waals surface area (Å²) in [5, 5.41) is 18.4. The number of hydrogen-bond donors (Lipinski definition) is 6. The van der Waals surface area contributed by atoms with E-state index in [0.717, 1.165) is 10.8 Å². The number of aromatic nitrogens is 1. The number of hydroxylamine groups is 1. The second-order valence-corrected chi connectivity index (χ2v) is 10.0. The lowest BCUT2D eigenvalue weighted by Gasteiger charge is -2.11. The van der Waals surface area contributed by atoms with Crippen LogP contribution in [0.3, 0.4) is 0 Å². The van der Waals surface area contributed by atoms with Gasteiger partial charge in [-0.1, -0.05) is 48.5 Å². The van der Waals surface area contributed by atoms with Crippen LogP contribution in [0.4, 0.5) is 13.2 Å². The molecule has 2 aromatic carbocycles. The SMILES string of the molecule is N=C(N)NOCCNC(=O)Cn1cccc(CNS(=O)(=O)Cc2cccc3ccccc23)c1=O.O=C(O)C(F)(F)F. The van der Waals surface area contributed by atoms with E-state index in [4.69, 9.17) is 25.9 Å². The molecule has 0 spiro atoms. The first-order chi connectivity index (χ1) is 19.2. The zero-order valence-corrected chi connectivity index (χ0v) is 22.1. The molecule has 0 unspecified atom stereocenters. The molecule has 0 fully saturated rings. The number of guanidine groups is 1. The summed E-state index contributed by atoms with van der Waals surface area (Å²) in [6.45, 7) is -0.227. The lowest BCUT2D eigenvalue weighted by atomic mass is 10.1. The lowest BCUT2D eigenvalue weighted by molar-refractivity contribution is -0.192. The molecule has 0 aliphatic rings. The number of carboxylic acids is 1. The number of benzene rings is 2. The molecule has 3 rings (SSSR count). The number of sulfonamides is 1. The normalized spacial score (nSPS) is 11.3. The average molecular weight is 601 g/mol. The van der Waals surface area contributed by atoms with E-state index in [1.54, 1.807) is 18.2 Å². The Morgan fingerprint density at radius 1 is 1.05 bits per heavy atom. The fraction of sp³-hybridized carbons (Fsp3) is 0.250. The summed E-state index contributed by atoms with van der Waals surface area (Å²) in [6.07, 6.45) is -3.64. The van der Waals surface area contributed by atoms with Crippen molar-refractivity contribution in [1.82, 2.24) is 20.1 Å². The van der Waals surface area contributed by atoms with Crippen LogP contribution in [0.25, 0.3) is 10.8 Å². The number of carbonyl (C=O) groups is 2. The van der Waals surface area contributed by atoms with Crippen LogP contribution < -0.4 is 26.8 Å². The second-order valence-electron chi connectivity index (χ2n) is 8.20. The van der Waals surface area contributed by atoms with Gasteiger partial charge in [-0.25, -0.2) is 23.4 Å². The number of alkyl halides is 3. The number of hydrogen-bond acceptors (Lipinski definition) is 7. The van der Waals surface area contributed by atoms with E-state index in [9.17, 15) is 31.2 Å². The van der Waals surface area contributed by atoms with Gasteiger partial charge in [0, 0.05) is 24.8 Å². The summed E-state index contributed by atoms with van der Waals surface area (Å²) in [5.41, 5.74) is 7.60. The van der Waals surface area contributed by atoms with Crippen molar-refractivity contribution >= 4 is 38.6 Å². The number of amides is 1. The second kappa shape index (κ2) is 14.8. The number of nitrogens with one attached hydrogen (secondary N) is 4. The minimum absolute atomic E-state index is 0.0682. The number of carboxylic acid groups (broad SMARTS) is 1.